The zero-order chi connectivity index (χ0) is 13.8. The fourth-order valence-corrected chi connectivity index (χ4v) is 3.18. The lowest BCUT2D eigenvalue weighted by Gasteiger charge is -2.05. The third-order valence-electron chi connectivity index (χ3n) is 3.38. The Bertz CT molecular complexity index is 528. The van der Waals surface area contributed by atoms with Crippen LogP contribution in [0.1, 0.15) is 35.2 Å². The van der Waals surface area contributed by atoms with Crippen molar-refractivity contribution in [2.75, 3.05) is 13.6 Å². The predicted octanol–water partition coefficient (Wildman–Crippen LogP) is 4.00. The van der Waals surface area contributed by atoms with Gasteiger partial charge in [0, 0.05) is 22.9 Å². The van der Waals surface area contributed by atoms with E-state index in [4.69, 9.17) is 4.98 Å². The van der Waals surface area contributed by atoms with Gasteiger partial charge in [0.05, 0.1) is 10.7 Å². The molecule has 0 saturated carbocycles. The fraction of sp³-hybridized carbons (Fsp3) is 0.438. The number of aryl methyl sites for hydroxylation is 2. The number of aromatic nitrogens is 1. The third kappa shape index (κ3) is 3.23. The molecule has 1 aromatic heterocycles. The van der Waals surface area contributed by atoms with Gasteiger partial charge in [-0.15, -0.1) is 11.3 Å². The van der Waals surface area contributed by atoms with Crippen molar-refractivity contribution in [3.63, 3.8) is 0 Å². The van der Waals surface area contributed by atoms with Crippen molar-refractivity contribution in [2.24, 2.45) is 0 Å². The molecule has 0 aliphatic carbocycles. The first-order valence-electron chi connectivity index (χ1n) is 6.87. The highest BCUT2D eigenvalue weighted by Gasteiger charge is 2.14. The second kappa shape index (κ2) is 6.31. The van der Waals surface area contributed by atoms with Crippen LogP contribution in [0.3, 0.4) is 0 Å². The maximum absolute atomic E-state index is 4.83. The Morgan fingerprint density at radius 2 is 1.95 bits per heavy atom. The number of nitrogens with zero attached hydrogens (tertiary/aromatic N) is 1. The molecule has 2 nitrogen and oxygen atoms in total. The second-order valence-electron chi connectivity index (χ2n) is 4.97. The smallest absolute Gasteiger partial charge is 0.0976 e. The molecule has 0 aliphatic heterocycles. The molecule has 19 heavy (non-hydrogen) atoms. The first kappa shape index (κ1) is 14.2. The van der Waals surface area contributed by atoms with Crippen LogP contribution in [0.2, 0.25) is 0 Å². The van der Waals surface area contributed by atoms with E-state index in [0.29, 0.717) is 5.92 Å². The highest BCUT2D eigenvalue weighted by Crippen LogP contribution is 2.31. The van der Waals surface area contributed by atoms with Crippen molar-refractivity contribution in [3.8, 4) is 11.3 Å². The normalized spacial score (nSPS) is 12.6. The molecule has 0 saturated heterocycles. The average Bonchev–Trinajstić information content (AvgIpc) is 2.81. The van der Waals surface area contributed by atoms with Gasteiger partial charge in [0.1, 0.15) is 0 Å². The first-order chi connectivity index (χ1) is 9.15. The molecule has 1 atom stereocenters. The standard InChI is InChI=1S/C16H22N2S/c1-5-13-6-8-14(9-7-13)15-12(3)19-16(18-15)11(2)10-17-4/h6-9,11,17H,5,10H2,1-4H3. The third-order valence-corrected chi connectivity index (χ3v) is 4.58. The van der Waals surface area contributed by atoms with Crippen molar-refractivity contribution in [1.82, 2.24) is 10.3 Å². The summed E-state index contributed by atoms with van der Waals surface area (Å²) in [5.41, 5.74) is 3.75. The van der Waals surface area contributed by atoms with Crippen molar-refractivity contribution >= 4 is 11.3 Å². The summed E-state index contributed by atoms with van der Waals surface area (Å²) in [7, 11) is 1.99. The van der Waals surface area contributed by atoms with Gasteiger partial charge in [0.2, 0.25) is 0 Å². The molecule has 0 spiro atoms. The number of benzene rings is 1. The molecule has 2 aromatic rings. The molecule has 3 heteroatoms. The van der Waals surface area contributed by atoms with E-state index in [-0.39, 0.29) is 0 Å². The van der Waals surface area contributed by atoms with E-state index >= 15 is 0 Å². The molecular formula is C16H22N2S. The van der Waals surface area contributed by atoms with E-state index in [2.05, 4.69) is 50.4 Å². The van der Waals surface area contributed by atoms with Crippen LogP contribution in [0.15, 0.2) is 24.3 Å². The topological polar surface area (TPSA) is 24.9 Å². The number of hydrogen-bond donors (Lipinski definition) is 1. The molecule has 2 rings (SSSR count). The number of rotatable bonds is 5. The van der Waals surface area contributed by atoms with Crippen molar-refractivity contribution in [3.05, 3.63) is 39.7 Å². The number of likely N-dealkylation sites (N-methyl/N-ethyl adjacent to an activating group) is 1. The lowest BCUT2D eigenvalue weighted by molar-refractivity contribution is 0.674. The number of hydrogen-bond acceptors (Lipinski definition) is 3. The zero-order valence-corrected chi connectivity index (χ0v) is 13.0. The van der Waals surface area contributed by atoms with Crippen LogP contribution in [0.4, 0.5) is 0 Å². The quantitative estimate of drug-likeness (QED) is 0.891. The molecule has 0 fully saturated rings. The van der Waals surface area contributed by atoms with Gasteiger partial charge in [0.25, 0.3) is 0 Å². The molecule has 1 N–H and O–H groups in total. The lowest BCUT2D eigenvalue weighted by Crippen LogP contribution is -2.14. The van der Waals surface area contributed by atoms with Gasteiger partial charge in [-0.1, -0.05) is 38.1 Å². The fourth-order valence-electron chi connectivity index (χ4n) is 2.19. The van der Waals surface area contributed by atoms with Crippen molar-refractivity contribution < 1.29 is 0 Å². The minimum atomic E-state index is 0.470. The molecular weight excluding hydrogens is 252 g/mol. The Morgan fingerprint density at radius 1 is 1.26 bits per heavy atom. The first-order valence-corrected chi connectivity index (χ1v) is 7.68. The van der Waals surface area contributed by atoms with E-state index < -0.39 is 0 Å². The summed E-state index contributed by atoms with van der Waals surface area (Å²) in [6, 6.07) is 8.77. The molecule has 1 aromatic carbocycles. The summed E-state index contributed by atoms with van der Waals surface area (Å²) in [5.74, 6) is 0.470. The molecule has 102 valence electrons. The summed E-state index contributed by atoms with van der Waals surface area (Å²) in [5, 5.41) is 4.44. The minimum Gasteiger partial charge on any atom is -0.319 e. The predicted molar refractivity (Wildman–Crippen MR) is 84.0 cm³/mol. The van der Waals surface area contributed by atoms with E-state index in [1.807, 2.05) is 18.4 Å². The summed E-state index contributed by atoms with van der Waals surface area (Å²) in [6.07, 6.45) is 1.08. The van der Waals surface area contributed by atoms with E-state index in [9.17, 15) is 0 Å². The van der Waals surface area contributed by atoms with Crippen LogP contribution in [0.5, 0.6) is 0 Å². The van der Waals surface area contributed by atoms with Gasteiger partial charge in [-0.3, -0.25) is 0 Å². The summed E-state index contributed by atoms with van der Waals surface area (Å²) in [4.78, 5) is 6.14. The van der Waals surface area contributed by atoms with Gasteiger partial charge in [-0.25, -0.2) is 4.98 Å². The second-order valence-corrected chi connectivity index (χ2v) is 6.20. The van der Waals surface area contributed by atoms with Gasteiger partial charge in [-0.05, 0) is 26.0 Å². The Balaban J connectivity index is 2.28. The van der Waals surface area contributed by atoms with E-state index in [1.165, 1.54) is 21.0 Å². The summed E-state index contributed by atoms with van der Waals surface area (Å²) in [6.45, 7) is 7.54. The van der Waals surface area contributed by atoms with Crippen LogP contribution < -0.4 is 5.32 Å². The zero-order valence-electron chi connectivity index (χ0n) is 12.2. The van der Waals surface area contributed by atoms with Crippen LogP contribution in [-0.2, 0) is 6.42 Å². The van der Waals surface area contributed by atoms with Crippen LogP contribution in [0, 0.1) is 6.92 Å². The van der Waals surface area contributed by atoms with Crippen molar-refractivity contribution in [1.29, 1.82) is 0 Å². The maximum Gasteiger partial charge on any atom is 0.0976 e. The van der Waals surface area contributed by atoms with Gasteiger partial charge in [-0.2, -0.15) is 0 Å². The minimum absolute atomic E-state index is 0.470. The Morgan fingerprint density at radius 3 is 2.53 bits per heavy atom. The van der Waals surface area contributed by atoms with Gasteiger partial charge < -0.3 is 5.32 Å². The highest BCUT2D eigenvalue weighted by molar-refractivity contribution is 7.12. The number of thiazole rings is 1. The Labute approximate surface area is 119 Å². The lowest BCUT2D eigenvalue weighted by atomic mass is 10.1. The van der Waals surface area contributed by atoms with Gasteiger partial charge in [0.15, 0.2) is 0 Å². The molecule has 0 amide bonds. The van der Waals surface area contributed by atoms with E-state index in [0.717, 1.165) is 18.7 Å². The molecule has 1 heterocycles. The molecule has 1 unspecified atom stereocenters. The van der Waals surface area contributed by atoms with Crippen LogP contribution in [-0.4, -0.2) is 18.6 Å². The van der Waals surface area contributed by atoms with Crippen LogP contribution >= 0.6 is 11.3 Å². The Kier molecular flexibility index (Phi) is 4.72. The SMILES string of the molecule is CCc1ccc(-c2nc(C(C)CNC)sc2C)cc1. The monoisotopic (exact) mass is 274 g/mol. The van der Waals surface area contributed by atoms with Crippen LogP contribution in [0.25, 0.3) is 11.3 Å². The van der Waals surface area contributed by atoms with Crippen molar-refractivity contribution in [2.45, 2.75) is 33.1 Å². The maximum atomic E-state index is 4.83. The van der Waals surface area contributed by atoms with E-state index in [1.54, 1.807) is 0 Å². The molecule has 0 bridgehead atoms. The summed E-state index contributed by atoms with van der Waals surface area (Å²) >= 11 is 1.82. The molecule has 0 aliphatic rings. The van der Waals surface area contributed by atoms with Gasteiger partial charge >= 0.3 is 0 Å². The Hall–Kier alpha value is -1.19. The average molecular weight is 274 g/mol. The number of nitrogens with one attached hydrogen (secondary N) is 1. The highest BCUT2D eigenvalue weighted by atomic mass is 32.1. The largest absolute Gasteiger partial charge is 0.319 e. The molecule has 0 radical (unpaired) electrons. The summed E-state index contributed by atoms with van der Waals surface area (Å²) < 4.78 is 0.